The number of halogens is 1. The maximum absolute atomic E-state index is 11.8. The van der Waals surface area contributed by atoms with Crippen molar-refractivity contribution in [3.05, 3.63) is 22.7 Å². The molecule has 9 heteroatoms. The molecule has 2 aliphatic rings. The van der Waals surface area contributed by atoms with Gasteiger partial charge in [-0.1, -0.05) is 11.6 Å². The number of likely N-dealkylation sites (tertiary alicyclic amines) is 1. The Labute approximate surface area is 182 Å². The van der Waals surface area contributed by atoms with Gasteiger partial charge in [-0.3, -0.25) is 4.99 Å². The number of carbonyl (C=O) groups excluding carboxylic acids is 1. The molecule has 1 aromatic rings. The van der Waals surface area contributed by atoms with E-state index in [9.17, 15) is 4.79 Å². The Kier molecular flexibility index (Phi) is 8.30. The average molecular weight is 439 g/mol. The van der Waals surface area contributed by atoms with Crippen molar-refractivity contribution >= 4 is 23.7 Å². The summed E-state index contributed by atoms with van der Waals surface area (Å²) in [5.74, 6) is 2.11. The predicted octanol–water partition coefficient (Wildman–Crippen LogP) is 2.83. The Bertz CT molecular complexity index is 751. The van der Waals surface area contributed by atoms with Crippen LogP contribution < -0.4 is 20.1 Å². The molecule has 8 nitrogen and oxygen atoms in total. The molecule has 0 aliphatic carbocycles. The number of aliphatic imine (C=N–C) groups is 1. The van der Waals surface area contributed by atoms with Gasteiger partial charge in [-0.25, -0.2) is 4.79 Å². The van der Waals surface area contributed by atoms with Crippen LogP contribution in [0.25, 0.3) is 0 Å². The minimum atomic E-state index is -0.227. The molecule has 0 spiro atoms. The van der Waals surface area contributed by atoms with E-state index in [-0.39, 0.29) is 12.1 Å². The van der Waals surface area contributed by atoms with E-state index in [1.54, 1.807) is 4.90 Å². The van der Waals surface area contributed by atoms with Crippen LogP contribution in [0.1, 0.15) is 32.3 Å². The van der Waals surface area contributed by atoms with Crippen LogP contribution in [-0.4, -0.2) is 69.0 Å². The molecule has 1 aromatic carbocycles. The van der Waals surface area contributed by atoms with Gasteiger partial charge in [0.15, 0.2) is 17.5 Å². The Balaban J connectivity index is 1.51. The molecule has 1 saturated heterocycles. The highest BCUT2D eigenvalue weighted by atomic mass is 35.5. The van der Waals surface area contributed by atoms with E-state index in [4.69, 9.17) is 30.8 Å². The van der Waals surface area contributed by atoms with Crippen LogP contribution in [0.2, 0.25) is 5.02 Å². The van der Waals surface area contributed by atoms with Crippen molar-refractivity contribution in [1.82, 2.24) is 15.5 Å². The van der Waals surface area contributed by atoms with E-state index in [2.05, 4.69) is 10.6 Å². The minimum Gasteiger partial charge on any atom is -0.486 e. The molecule has 30 heavy (non-hydrogen) atoms. The number of amides is 1. The SMILES string of the molecule is CCNC(=NCCc1cc(Cl)c2c(c1)OCCO2)NC1CCN(C(=O)OCC)CC1. The summed E-state index contributed by atoms with van der Waals surface area (Å²) in [5.41, 5.74) is 1.06. The van der Waals surface area contributed by atoms with Crippen molar-refractivity contribution in [2.24, 2.45) is 4.99 Å². The summed E-state index contributed by atoms with van der Waals surface area (Å²) in [6, 6.07) is 4.16. The molecular weight excluding hydrogens is 408 g/mol. The lowest BCUT2D eigenvalue weighted by molar-refractivity contribution is 0.0963. The van der Waals surface area contributed by atoms with Gasteiger partial charge in [-0.15, -0.1) is 0 Å². The van der Waals surface area contributed by atoms with Crippen molar-refractivity contribution in [3.63, 3.8) is 0 Å². The van der Waals surface area contributed by atoms with Crippen molar-refractivity contribution in [2.45, 2.75) is 39.2 Å². The first-order chi connectivity index (χ1) is 14.6. The van der Waals surface area contributed by atoms with Crippen LogP contribution in [-0.2, 0) is 11.2 Å². The van der Waals surface area contributed by atoms with E-state index < -0.39 is 0 Å². The van der Waals surface area contributed by atoms with E-state index in [1.165, 1.54) is 0 Å². The number of benzene rings is 1. The highest BCUT2D eigenvalue weighted by Gasteiger charge is 2.24. The zero-order valence-corrected chi connectivity index (χ0v) is 18.5. The average Bonchev–Trinajstić information content (AvgIpc) is 2.74. The number of nitrogens with zero attached hydrogens (tertiary/aromatic N) is 2. The van der Waals surface area contributed by atoms with Crippen LogP contribution in [0, 0.1) is 0 Å². The third-order valence-corrected chi connectivity index (χ3v) is 5.31. The van der Waals surface area contributed by atoms with Gasteiger partial charge in [0.25, 0.3) is 0 Å². The zero-order valence-electron chi connectivity index (χ0n) is 17.7. The maximum atomic E-state index is 11.8. The van der Waals surface area contributed by atoms with E-state index in [1.807, 2.05) is 26.0 Å². The summed E-state index contributed by atoms with van der Waals surface area (Å²) < 4.78 is 16.3. The lowest BCUT2D eigenvalue weighted by Gasteiger charge is -2.32. The van der Waals surface area contributed by atoms with Gasteiger partial charge in [0, 0.05) is 32.2 Å². The van der Waals surface area contributed by atoms with Gasteiger partial charge >= 0.3 is 6.09 Å². The topological polar surface area (TPSA) is 84.4 Å². The molecule has 166 valence electrons. The van der Waals surface area contributed by atoms with Crippen LogP contribution in [0.15, 0.2) is 17.1 Å². The van der Waals surface area contributed by atoms with E-state index in [0.29, 0.717) is 56.0 Å². The molecule has 0 aromatic heterocycles. The number of rotatable bonds is 6. The van der Waals surface area contributed by atoms with Crippen LogP contribution in [0.3, 0.4) is 0 Å². The molecule has 0 atom stereocenters. The normalized spacial score (nSPS) is 16.9. The molecule has 2 heterocycles. The van der Waals surface area contributed by atoms with Crippen molar-refractivity contribution in [1.29, 1.82) is 0 Å². The standard InChI is InChI=1S/C21H31ClN4O4/c1-3-23-20(25-16-6-9-26(10-7-16)21(27)28-4-2)24-8-5-15-13-17(22)19-18(14-15)29-11-12-30-19/h13-14,16H,3-12H2,1-2H3,(H2,23,24,25). The van der Waals surface area contributed by atoms with Crippen molar-refractivity contribution in [2.75, 3.05) is 46.0 Å². The molecule has 1 fully saturated rings. The summed E-state index contributed by atoms with van der Waals surface area (Å²) in [4.78, 5) is 18.3. The van der Waals surface area contributed by atoms with Crippen LogP contribution in [0.4, 0.5) is 4.79 Å². The molecule has 3 rings (SSSR count). The molecule has 0 bridgehead atoms. The van der Waals surface area contributed by atoms with Crippen LogP contribution >= 0.6 is 11.6 Å². The number of guanidine groups is 1. The first-order valence-corrected chi connectivity index (χ1v) is 11.0. The van der Waals surface area contributed by atoms with Crippen molar-refractivity contribution in [3.8, 4) is 11.5 Å². The second kappa shape index (κ2) is 11.2. The quantitative estimate of drug-likeness (QED) is 0.524. The lowest BCUT2D eigenvalue weighted by Crippen LogP contribution is -2.50. The van der Waals surface area contributed by atoms with Gasteiger partial charge in [0.1, 0.15) is 13.2 Å². The second-order valence-corrected chi connectivity index (χ2v) is 7.62. The summed E-state index contributed by atoms with van der Waals surface area (Å²) in [5, 5.41) is 7.35. The summed E-state index contributed by atoms with van der Waals surface area (Å²) in [7, 11) is 0. The number of hydrogen-bond donors (Lipinski definition) is 2. The highest BCUT2D eigenvalue weighted by Crippen LogP contribution is 2.38. The second-order valence-electron chi connectivity index (χ2n) is 7.22. The molecule has 1 amide bonds. The number of ether oxygens (including phenoxy) is 3. The van der Waals surface area contributed by atoms with Gasteiger partial charge in [-0.2, -0.15) is 0 Å². The zero-order chi connectivity index (χ0) is 21.3. The summed E-state index contributed by atoms with van der Waals surface area (Å²) in [6.07, 6.45) is 2.24. The minimum absolute atomic E-state index is 0.227. The molecule has 2 aliphatic heterocycles. The number of carbonyl (C=O) groups is 1. The monoisotopic (exact) mass is 438 g/mol. The molecule has 2 N–H and O–H groups in total. The maximum Gasteiger partial charge on any atom is 0.409 e. The van der Waals surface area contributed by atoms with Gasteiger partial charge in [-0.05, 0) is 50.8 Å². The fourth-order valence-corrected chi connectivity index (χ4v) is 3.83. The van der Waals surface area contributed by atoms with Gasteiger partial charge < -0.3 is 29.7 Å². The first kappa shape index (κ1) is 22.3. The number of hydrogen-bond acceptors (Lipinski definition) is 5. The summed E-state index contributed by atoms with van der Waals surface area (Å²) in [6.45, 7) is 8.10. The van der Waals surface area contributed by atoms with Crippen molar-refractivity contribution < 1.29 is 19.0 Å². The van der Waals surface area contributed by atoms with E-state index >= 15 is 0 Å². The Morgan fingerprint density at radius 3 is 2.77 bits per heavy atom. The molecular formula is C21H31ClN4O4. The Hall–Kier alpha value is -2.35. The molecule has 0 saturated carbocycles. The first-order valence-electron chi connectivity index (χ1n) is 10.6. The fraction of sp³-hybridized carbons (Fsp3) is 0.619. The number of piperidine rings is 1. The van der Waals surface area contributed by atoms with E-state index in [0.717, 1.165) is 37.3 Å². The third kappa shape index (κ3) is 6.08. The fourth-order valence-electron chi connectivity index (χ4n) is 3.54. The highest BCUT2D eigenvalue weighted by molar-refractivity contribution is 6.32. The smallest absolute Gasteiger partial charge is 0.409 e. The Morgan fingerprint density at radius 2 is 2.03 bits per heavy atom. The number of fused-ring (bicyclic) bond motifs is 1. The predicted molar refractivity (Wildman–Crippen MR) is 117 cm³/mol. The summed E-state index contributed by atoms with van der Waals surface area (Å²) >= 11 is 6.32. The lowest BCUT2D eigenvalue weighted by atomic mass is 10.1. The van der Waals surface area contributed by atoms with Crippen LogP contribution in [0.5, 0.6) is 11.5 Å². The third-order valence-electron chi connectivity index (χ3n) is 5.03. The van der Waals surface area contributed by atoms with Gasteiger partial charge in [0.2, 0.25) is 0 Å². The van der Waals surface area contributed by atoms with Gasteiger partial charge in [0.05, 0.1) is 11.6 Å². The molecule has 0 radical (unpaired) electrons. The number of nitrogens with one attached hydrogen (secondary N) is 2. The largest absolute Gasteiger partial charge is 0.486 e. The Morgan fingerprint density at radius 1 is 1.27 bits per heavy atom. The molecule has 0 unspecified atom stereocenters.